The third-order valence-electron chi connectivity index (χ3n) is 3.23. The van der Waals surface area contributed by atoms with Gasteiger partial charge in [0.05, 0.1) is 17.8 Å². The van der Waals surface area contributed by atoms with Crippen LogP contribution in [-0.4, -0.2) is 10.1 Å². The summed E-state index contributed by atoms with van der Waals surface area (Å²) >= 11 is 0. The molecule has 1 atom stereocenters. The van der Waals surface area contributed by atoms with Gasteiger partial charge in [0.2, 0.25) is 0 Å². The smallest absolute Gasteiger partial charge is 0.166 e. The number of aromatic nitrogens is 1. The Kier molecular flexibility index (Phi) is 3.54. The van der Waals surface area contributed by atoms with Gasteiger partial charge in [0.25, 0.3) is 0 Å². The van der Waals surface area contributed by atoms with Crippen LogP contribution in [0.1, 0.15) is 18.6 Å². The molecule has 0 aliphatic carbocycles. The lowest BCUT2D eigenvalue weighted by Gasteiger charge is -2.10. The Morgan fingerprint density at radius 2 is 1.95 bits per heavy atom. The molecule has 2 aromatic carbocycles. The predicted molar refractivity (Wildman–Crippen MR) is 78.9 cm³/mol. The van der Waals surface area contributed by atoms with Gasteiger partial charge in [0.1, 0.15) is 5.75 Å². The molecule has 0 saturated heterocycles. The van der Waals surface area contributed by atoms with Crippen molar-refractivity contribution in [2.24, 2.45) is 0 Å². The van der Waals surface area contributed by atoms with E-state index in [4.69, 9.17) is 4.74 Å². The van der Waals surface area contributed by atoms with Gasteiger partial charge in [-0.25, -0.2) is 4.39 Å². The third-order valence-corrected chi connectivity index (χ3v) is 3.23. The molecular formula is C17H14FNO2. The summed E-state index contributed by atoms with van der Waals surface area (Å²) in [6.45, 7) is 1.59. The molecule has 0 aliphatic heterocycles. The number of rotatable bonds is 3. The lowest BCUT2D eigenvalue weighted by molar-refractivity contribution is 0.198. The molecule has 4 heteroatoms. The van der Waals surface area contributed by atoms with Crippen LogP contribution in [0.2, 0.25) is 0 Å². The molecule has 3 rings (SSSR count). The lowest BCUT2D eigenvalue weighted by atomic mass is 10.1. The van der Waals surface area contributed by atoms with E-state index in [9.17, 15) is 9.50 Å². The third kappa shape index (κ3) is 2.85. The fraction of sp³-hybridized carbons (Fsp3) is 0.118. The lowest BCUT2D eigenvalue weighted by Crippen LogP contribution is -1.95. The van der Waals surface area contributed by atoms with Gasteiger partial charge in [-0.2, -0.15) is 0 Å². The van der Waals surface area contributed by atoms with E-state index in [0.29, 0.717) is 11.3 Å². The van der Waals surface area contributed by atoms with Crippen LogP contribution in [0.25, 0.3) is 10.9 Å². The first-order valence-corrected chi connectivity index (χ1v) is 6.63. The Morgan fingerprint density at radius 3 is 2.71 bits per heavy atom. The van der Waals surface area contributed by atoms with Crippen molar-refractivity contribution in [1.82, 2.24) is 4.98 Å². The van der Waals surface area contributed by atoms with E-state index < -0.39 is 11.9 Å². The number of aliphatic hydroxyl groups is 1. The molecule has 1 heterocycles. The first-order valence-electron chi connectivity index (χ1n) is 6.63. The number of benzene rings is 2. The zero-order valence-electron chi connectivity index (χ0n) is 11.5. The molecule has 0 aliphatic rings. The number of hydrogen-bond donors (Lipinski definition) is 1. The molecular weight excluding hydrogens is 269 g/mol. The number of para-hydroxylation sites is 1. The highest BCUT2D eigenvalue weighted by atomic mass is 19.1. The molecule has 0 unspecified atom stereocenters. The van der Waals surface area contributed by atoms with Gasteiger partial charge in [-0.05, 0) is 36.8 Å². The number of halogens is 1. The predicted octanol–water partition coefficient (Wildman–Crippen LogP) is 4.22. The summed E-state index contributed by atoms with van der Waals surface area (Å²) in [5.41, 5.74) is 1.37. The van der Waals surface area contributed by atoms with E-state index in [1.165, 1.54) is 12.1 Å². The van der Waals surface area contributed by atoms with Crippen LogP contribution >= 0.6 is 0 Å². The van der Waals surface area contributed by atoms with Crippen LogP contribution in [0, 0.1) is 5.82 Å². The van der Waals surface area contributed by atoms with Gasteiger partial charge in [0.15, 0.2) is 11.6 Å². The number of hydrogen-bond acceptors (Lipinski definition) is 3. The normalized spacial score (nSPS) is 12.3. The zero-order chi connectivity index (χ0) is 14.8. The first kappa shape index (κ1) is 13.5. The number of fused-ring (bicyclic) bond motifs is 1. The fourth-order valence-corrected chi connectivity index (χ4v) is 2.09. The number of nitrogens with zero attached hydrogens (tertiary/aromatic N) is 1. The van der Waals surface area contributed by atoms with Crippen molar-refractivity contribution >= 4 is 10.9 Å². The zero-order valence-corrected chi connectivity index (χ0v) is 11.5. The molecule has 0 saturated carbocycles. The molecule has 1 N–H and O–H groups in total. The first-order chi connectivity index (χ1) is 10.1. The van der Waals surface area contributed by atoms with E-state index in [2.05, 4.69) is 4.98 Å². The summed E-state index contributed by atoms with van der Waals surface area (Å²) < 4.78 is 19.5. The van der Waals surface area contributed by atoms with Crippen molar-refractivity contribution in [2.75, 3.05) is 0 Å². The Morgan fingerprint density at radius 1 is 1.14 bits per heavy atom. The topological polar surface area (TPSA) is 42.4 Å². The average Bonchev–Trinajstić information content (AvgIpc) is 2.49. The van der Waals surface area contributed by atoms with Crippen LogP contribution < -0.4 is 4.74 Å². The summed E-state index contributed by atoms with van der Waals surface area (Å²) in [5.74, 6) is 0.0652. The molecule has 3 nitrogen and oxygen atoms in total. The van der Waals surface area contributed by atoms with E-state index >= 15 is 0 Å². The standard InChI is InChI=1S/C17H14FNO2/c1-11(20)12-6-7-17(15(18)9-12)21-14-8-13-4-2-3-5-16(13)19-10-14/h2-11,20H,1H3/t11-/m0/s1. The molecule has 0 amide bonds. The van der Waals surface area contributed by atoms with Crippen LogP contribution in [-0.2, 0) is 0 Å². The number of ether oxygens (including phenoxy) is 1. The quantitative estimate of drug-likeness (QED) is 0.782. The summed E-state index contributed by atoms with van der Waals surface area (Å²) in [6, 6.07) is 13.9. The maximum Gasteiger partial charge on any atom is 0.166 e. The molecule has 0 bridgehead atoms. The Hall–Kier alpha value is -2.46. The number of pyridine rings is 1. The van der Waals surface area contributed by atoms with Crippen LogP contribution in [0.3, 0.4) is 0 Å². The maximum absolute atomic E-state index is 14.0. The van der Waals surface area contributed by atoms with Crippen molar-refractivity contribution < 1.29 is 14.2 Å². The molecule has 0 spiro atoms. The van der Waals surface area contributed by atoms with Crippen molar-refractivity contribution in [3.8, 4) is 11.5 Å². The van der Waals surface area contributed by atoms with Crippen LogP contribution in [0.5, 0.6) is 11.5 Å². The molecule has 0 radical (unpaired) electrons. The minimum Gasteiger partial charge on any atom is -0.453 e. The summed E-state index contributed by atoms with van der Waals surface area (Å²) in [6.07, 6.45) is 0.848. The van der Waals surface area contributed by atoms with Gasteiger partial charge >= 0.3 is 0 Å². The summed E-state index contributed by atoms with van der Waals surface area (Å²) in [7, 11) is 0. The molecule has 21 heavy (non-hydrogen) atoms. The maximum atomic E-state index is 14.0. The van der Waals surface area contributed by atoms with E-state index in [1.54, 1.807) is 19.2 Å². The SMILES string of the molecule is C[C@H](O)c1ccc(Oc2cnc3ccccc3c2)c(F)c1. The largest absolute Gasteiger partial charge is 0.453 e. The average molecular weight is 283 g/mol. The van der Waals surface area contributed by atoms with Crippen molar-refractivity contribution in [2.45, 2.75) is 13.0 Å². The minimum absolute atomic E-state index is 0.108. The van der Waals surface area contributed by atoms with Gasteiger partial charge in [-0.3, -0.25) is 4.98 Å². The molecule has 0 fully saturated rings. The van der Waals surface area contributed by atoms with E-state index in [0.717, 1.165) is 10.9 Å². The highest BCUT2D eigenvalue weighted by Crippen LogP contribution is 2.28. The van der Waals surface area contributed by atoms with Crippen LogP contribution in [0.15, 0.2) is 54.7 Å². The Balaban J connectivity index is 1.91. The second-order valence-corrected chi connectivity index (χ2v) is 4.83. The van der Waals surface area contributed by atoms with Gasteiger partial charge in [-0.1, -0.05) is 24.3 Å². The number of aliphatic hydroxyl groups excluding tert-OH is 1. The summed E-state index contributed by atoms with van der Waals surface area (Å²) in [4.78, 5) is 4.27. The summed E-state index contributed by atoms with van der Waals surface area (Å²) in [5, 5.41) is 10.4. The van der Waals surface area contributed by atoms with E-state index in [-0.39, 0.29) is 5.75 Å². The second kappa shape index (κ2) is 5.50. The van der Waals surface area contributed by atoms with Crippen LogP contribution in [0.4, 0.5) is 4.39 Å². The second-order valence-electron chi connectivity index (χ2n) is 4.83. The molecule has 106 valence electrons. The molecule has 1 aromatic heterocycles. The van der Waals surface area contributed by atoms with Gasteiger partial charge < -0.3 is 9.84 Å². The van der Waals surface area contributed by atoms with E-state index in [1.807, 2.05) is 30.3 Å². The Labute approximate surface area is 121 Å². The Bertz CT molecular complexity index is 787. The van der Waals surface area contributed by atoms with Gasteiger partial charge in [-0.15, -0.1) is 0 Å². The van der Waals surface area contributed by atoms with Crippen molar-refractivity contribution in [3.63, 3.8) is 0 Å². The van der Waals surface area contributed by atoms with Crippen molar-refractivity contribution in [1.29, 1.82) is 0 Å². The highest BCUT2D eigenvalue weighted by Gasteiger charge is 2.09. The van der Waals surface area contributed by atoms with Gasteiger partial charge in [0, 0.05) is 5.39 Å². The fourth-order valence-electron chi connectivity index (χ4n) is 2.09. The monoisotopic (exact) mass is 283 g/mol. The van der Waals surface area contributed by atoms with Crippen molar-refractivity contribution in [3.05, 3.63) is 66.1 Å². The minimum atomic E-state index is -0.712. The molecule has 3 aromatic rings. The highest BCUT2D eigenvalue weighted by molar-refractivity contribution is 5.79.